The Labute approximate surface area is 126 Å². The van der Waals surface area contributed by atoms with Gasteiger partial charge in [0, 0.05) is 16.6 Å². The van der Waals surface area contributed by atoms with E-state index in [1.165, 1.54) is 0 Å². The summed E-state index contributed by atoms with van der Waals surface area (Å²) in [5, 5.41) is 4.26. The van der Waals surface area contributed by atoms with Crippen LogP contribution in [0.2, 0.25) is 5.02 Å². The highest BCUT2D eigenvalue weighted by Gasteiger charge is 2.12. The van der Waals surface area contributed by atoms with E-state index in [0.717, 1.165) is 10.9 Å². The lowest BCUT2D eigenvalue weighted by atomic mass is 10.1. The summed E-state index contributed by atoms with van der Waals surface area (Å²) in [7, 11) is 0. The molecule has 0 spiro atoms. The molecule has 21 heavy (non-hydrogen) atoms. The number of aryl methyl sites for hydroxylation is 1. The highest BCUT2D eigenvalue weighted by molar-refractivity contribution is 6.31. The molecule has 0 aliphatic rings. The van der Waals surface area contributed by atoms with Gasteiger partial charge in [0.15, 0.2) is 0 Å². The molecule has 2 heterocycles. The van der Waals surface area contributed by atoms with Gasteiger partial charge < -0.3 is 5.32 Å². The summed E-state index contributed by atoms with van der Waals surface area (Å²) in [6, 6.07) is 10.8. The number of carbonyl (C=O) groups is 1. The van der Waals surface area contributed by atoms with Crippen LogP contribution in [0.15, 0.2) is 48.8 Å². The number of rotatable bonds is 2. The number of halogens is 1. The van der Waals surface area contributed by atoms with Crippen LogP contribution in [0.5, 0.6) is 0 Å². The summed E-state index contributed by atoms with van der Waals surface area (Å²) in [6.45, 7) is 1.81. The van der Waals surface area contributed by atoms with Crippen molar-refractivity contribution in [1.82, 2.24) is 9.97 Å². The summed E-state index contributed by atoms with van der Waals surface area (Å²) < 4.78 is 0. The van der Waals surface area contributed by atoms with Crippen molar-refractivity contribution < 1.29 is 4.79 Å². The average Bonchev–Trinajstić information content (AvgIpc) is 2.48. The fourth-order valence-corrected chi connectivity index (χ4v) is 2.29. The number of pyridine rings is 2. The number of nitrogens with one attached hydrogen (secondary N) is 1. The van der Waals surface area contributed by atoms with E-state index in [4.69, 9.17) is 11.6 Å². The number of nitrogens with zero attached hydrogens (tertiary/aromatic N) is 2. The Hall–Kier alpha value is -2.46. The predicted octanol–water partition coefficient (Wildman–Crippen LogP) is 3.84. The van der Waals surface area contributed by atoms with Crippen LogP contribution in [0, 0.1) is 6.92 Å². The van der Waals surface area contributed by atoms with Crippen LogP contribution < -0.4 is 5.32 Å². The van der Waals surface area contributed by atoms with E-state index in [1.54, 1.807) is 42.7 Å². The molecule has 1 aromatic carbocycles. The lowest BCUT2D eigenvalue weighted by molar-refractivity contribution is 0.102. The van der Waals surface area contributed by atoms with Crippen LogP contribution in [-0.4, -0.2) is 15.9 Å². The largest absolute Gasteiger partial charge is 0.321 e. The standard InChI is InChI=1S/C16H12ClN3O/c1-10-14(16(21)20-13-3-2-6-18-9-13)8-11-7-12(17)4-5-15(11)19-10/h2-9H,1H3,(H,20,21). The first kappa shape index (κ1) is 13.5. The molecule has 0 unspecified atom stereocenters. The maximum atomic E-state index is 12.4. The second-order valence-corrected chi connectivity index (χ2v) is 5.09. The minimum absolute atomic E-state index is 0.213. The first-order chi connectivity index (χ1) is 10.1. The smallest absolute Gasteiger partial charge is 0.257 e. The van der Waals surface area contributed by atoms with Gasteiger partial charge in [-0.2, -0.15) is 0 Å². The van der Waals surface area contributed by atoms with Crippen molar-refractivity contribution in [3.8, 4) is 0 Å². The fourth-order valence-electron chi connectivity index (χ4n) is 2.11. The summed E-state index contributed by atoms with van der Waals surface area (Å²) in [5.74, 6) is -0.213. The molecule has 2 aromatic heterocycles. The maximum absolute atomic E-state index is 12.4. The molecule has 3 rings (SSSR count). The first-order valence-electron chi connectivity index (χ1n) is 6.42. The zero-order chi connectivity index (χ0) is 14.8. The summed E-state index contributed by atoms with van der Waals surface area (Å²) in [5.41, 5.74) is 2.66. The number of fused-ring (bicyclic) bond motifs is 1. The predicted molar refractivity (Wildman–Crippen MR) is 83.7 cm³/mol. The highest BCUT2D eigenvalue weighted by atomic mass is 35.5. The molecule has 0 bridgehead atoms. The van der Waals surface area contributed by atoms with Crippen molar-refractivity contribution in [2.75, 3.05) is 5.32 Å². The first-order valence-corrected chi connectivity index (χ1v) is 6.79. The number of aromatic nitrogens is 2. The van der Waals surface area contributed by atoms with Crippen molar-refractivity contribution in [1.29, 1.82) is 0 Å². The second kappa shape index (κ2) is 5.50. The zero-order valence-corrected chi connectivity index (χ0v) is 12.1. The van der Waals surface area contributed by atoms with Gasteiger partial charge in [-0.1, -0.05) is 11.6 Å². The minimum Gasteiger partial charge on any atom is -0.321 e. The van der Waals surface area contributed by atoms with Crippen LogP contribution in [0.25, 0.3) is 10.9 Å². The fraction of sp³-hybridized carbons (Fsp3) is 0.0625. The lowest BCUT2D eigenvalue weighted by Crippen LogP contribution is -2.14. The van der Waals surface area contributed by atoms with Gasteiger partial charge in [0.2, 0.25) is 0 Å². The molecule has 1 N–H and O–H groups in total. The Morgan fingerprint density at radius 2 is 2.10 bits per heavy atom. The highest BCUT2D eigenvalue weighted by Crippen LogP contribution is 2.21. The summed E-state index contributed by atoms with van der Waals surface area (Å²) in [4.78, 5) is 20.8. The van der Waals surface area contributed by atoms with Gasteiger partial charge >= 0.3 is 0 Å². The third-order valence-corrected chi connectivity index (χ3v) is 3.37. The van der Waals surface area contributed by atoms with E-state index < -0.39 is 0 Å². The number of carbonyl (C=O) groups excluding carboxylic acids is 1. The Kier molecular flexibility index (Phi) is 3.54. The van der Waals surface area contributed by atoms with E-state index in [1.807, 2.05) is 13.0 Å². The van der Waals surface area contributed by atoms with Gasteiger partial charge in [-0.3, -0.25) is 14.8 Å². The quantitative estimate of drug-likeness (QED) is 0.782. The Bertz CT molecular complexity index is 818. The number of anilines is 1. The third kappa shape index (κ3) is 2.85. The molecule has 3 aromatic rings. The van der Waals surface area contributed by atoms with Gasteiger partial charge in [-0.05, 0) is 43.3 Å². The summed E-state index contributed by atoms with van der Waals surface area (Å²) >= 11 is 5.98. The molecule has 0 saturated carbocycles. The molecule has 0 fully saturated rings. The van der Waals surface area contributed by atoms with E-state index >= 15 is 0 Å². The molecule has 0 radical (unpaired) electrons. The Morgan fingerprint density at radius 1 is 1.24 bits per heavy atom. The molecule has 0 aliphatic carbocycles. The topological polar surface area (TPSA) is 54.9 Å². The second-order valence-electron chi connectivity index (χ2n) is 4.65. The van der Waals surface area contributed by atoms with Crippen LogP contribution in [0.4, 0.5) is 5.69 Å². The molecular weight excluding hydrogens is 286 g/mol. The molecular formula is C16H12ClN3O. The summed E-state index contributed by atoms with van der Waals surface area (Å²) in [6.07, 6.45) is 3.25. The van der Waals surface area contributed by atoms with Crippen molar-refractivity contribution in [3.05, 3.63) is 65.1 Å². The van der Waals surface area contributed by atoms with Gasteiger partial charge in [0.1, 0.15) is 0 Å². The average molecular weight is 298 g/mol. The van der Waals surface area contributed by atoms with Gasteiger partial charge in [0.05, 0.1) is 28.7 Å². The van der Waals surface area contributed by atoms with E-state index in [2.05, 4.69) is 15.3 Å². The van der Waals surface area contributed by atoms with E-state index in [-0.39, 0.29) is 5.91 Å². The molecule has 0 saturated heterocycles. The van der Waals surface area contributed by atoms with E-state index in [9.17, 15) is 4.79 Å². The Balaban J connectivity index is 1.99. The third-order valence-electron chi connectivity index (χ3n) is 3.13. The normalized spacial score (nSPS) is 10.6. The number of amides is 1. The Morgan fingerprint density at radius 3 is 2.86 bits per heavy atom. The van der Waals surface area contributed by atoms with Crippen molar-refractivity contribution in [2.45, 2.75) is 6.92 Å². The molecule has 0 atom stereocenters. The monoisotopic (exact) mass is 297 g/mol. The van der Waals surface area contributed by atoms with Gasteiger partial charge in [-0.15, -0.1) is 0 Å². The van der Waals surface area contributed by atoms with Crippen molar-refractivity contribution in [2.24, 2.45) is 0 Å². The molecule has 104 valence electrons. The number of benzene rings is 1. The maximum Gasteiger partial charge on any atom is 0.257 e. The molecule has 0 aliphatic heterocycles. The molecule has 4 nitrogen and oxygen atoms in total. The van der Waals surface area contributed by atoms with Crippen LogP contribution in [0.3, 0.4) is 0 Å². The molecule has 5 heteroatoms. The van der Waals surface area contributed by atoms with Crippen molar-refractivity contribution in [3.63, 3.8) is 0 Å². The zero-order valence-electron chi connectivity index (χ0n) is 11.3. The SMILES string of the molecule is Cc1nc2ccc(Cl)cc2cc1C(=O)Nc1cccnc1. The van der Waals surface area contributed by atoms with Gasteiger partial charge in [-0.25, -0.2) is 0 Å². The molecule has 1 amide bonds. The van der Waals surface area contributed by atoms with Crippen LogP contribution in [0.1, 0.15) is 16.1 Å². The van der Waals surface area contributed by atoms with E-state index in [0.29, 0.717) is 22.0 Å². The minimum atomic E-state index is -0.213. The number of hydrogen-bond donors (Lipinski definition) is 1. The van der Waals surface area contributed by atoms with Crippen LogP contribution >= 0.6 is 11.6 Å². The van der Waals surface area contributed by atoms with Crippen LogP contribution in [-0.2, 0) is 0 Å². The van der Waals surface area contributed by atoms with Gasteiger partial charge in [0.25, 0.3) is 5.91 Å². The lowest BCUT2D eigenvalue weighted by Gasteiger charge is -2.08. The van der Waals surface area contributed by atoms with Crippen molar-refractivity contribution >= 4 is 34.1 Å². The number of hydrogen-bond acceptors (Lipinski definition) is 3.